The maximum atomic E-state index is 5.18. The van der Waals surface area contributed by atoms with Gasteiger partial charge < -0.3 is 0 Å². The normalized spacial score (nSPS) is 11.8. The molecule has 0 N–H and O–H groups in total. The van der Waals surface area contributed by atoms with Crippen LogP contribution in [0.1, 0.15) is 0 Å². The Hall–Kier alpha value is -5.32. The minimum absolute atomic E-state index is 0.670. The number of nitrogens with zero attached hydrogens (tertiary/aromatic N) is 3. The van der Waals surface area contributed by atoms with Crippen molar-refractivity contribution in [2.75, 3.05) is 0 Å². The molecule has 3 heterocycles. The Morgan fingerprint density at radius 2 is 1.10 bits per heavy atom. The van der Waals surface area contributed by atoms with Gasteiger partial charge in [0.2, 0.25) is 5.95 Å². The Morgan fingerprint density at radius 1 is 0.452 bits per heavy atom. The Labute approximate surface area is 246 Å². The zero-order valence-electron chi connectivity index (χ0n) is 22.5. The fraction of sp³-hybridized carbons (Fsp3) is 0. The Morgan fingerprint density at radius 3 is 1.83 bits per heavy atom. The first-order chi connectivity index (χ1) is 20.8. The summed E-state index contributed by atoms with van der Waals surface area (Å²) in [5.74, 6) is 0.670. The highest BCUT2D eigenvalue weighted by molar-refractivity contribution is 7.26. The molecule has 0 atom stereocenters. The summed E-state index contributed by atoms with van der Waals surface area (Å²) in [6.45, 7) is 0. The van der Waals surface area contributed by atoms with Crippen molar-refractivity contribution >= 4 is 64.1 Å². The van der Waals surface area contributed by atoms with Crippen LogP contribution in [0.3, 0.4) is 0 Å². The van der Waals surface area contributed by atoms with Gasteiger partial charge in [-0.3, -0.25) is 4.57 Å². The number of hydrogen-bond acceptors (Lipinski definition) is 3. The first-order valence-corrected chi connectivity index (χ1v) is 14.9. The van der Waals surface area contributed by atoms with Crippen molar-refractivity contribution in [3.8, 4) is 28.5 Å². The topological polar surface area (TPSA) is 30.7 Å². The maximum Gasteiger partial charge on any atom is 0.235 e. The molecule has 4 heteroatoms. The molecule has 0 radical (unpaired) electrons. The van der Waals surface area contributed by atoms with E-state index in [9.17, 15) is 0 Å². The third-order valence-electron chi connectivity index (χ3n) is 8.21. The highest BCUT2D eigenvalue weighted by Crippen LogP contribution is 2.41. The van der Waals surface area contributed by atoms with Gasteiger partial charge in [0.25, 0.3) is 0 Å². The molecule has 0 bridgehead atoms. The largest absolute Gasteiger partial charge is 0.278 e. The number of para-hydroxylation sites is 1. The van der Waals surface area contributed by atoms with Crippen molar-refractivity contribution in [1.82, 2.24) is 14.5 Å². The third-order valence-corrected chi connectivity index (χ3v) is 9.43. The highest BCUT2D eigenvalue weighted by atomic mass is 32.1. The maximum absolute atomic E-state index is 5.18. The molecular weight excluding hydrogens is 531 g/mol. The highest BCUT2D eigenvalue weighted by Gasteiger charge is 2.18. The second-order valence-electron chi connectivity index (χ2n) is 10.7. The molecule has 0 fully saturated rings. The first-order valence-electron chi connectivity index (χ1n) is 14.1. The van der Waals surface area contributed by atoms with E-state index in [4.69, 9.17) is 9.97 Å². The van der Waals surface area contributed by atoms with Crippen molar-refractivity contribution < 1.29 is 0 Å². The number of thiophene rings is 1. The standard InChI is InChI=1S/C38H23N3S/c1-3-11-24(12-4-1)32-23-33(25-13-5-2-6-14-25)40-38(39-32)41-34-17-9-7-15-27(34)31-22-30-26(21-35(31)41)19-20-29-28-16-8-10-18-36(28)42-37(29)30/h1-23H. The molecule has 0 aliphatic heterocycles. The second-order valence-corrected chi connectivity index (χ2v) is 11.7. The minimum atomic E-state index is 0.670. The fourth-order valence-electron chi connectivity index (χ4n) is 6.23. The molecule has 3 aromatic heterocycles. The lowest BCUT2D eigenvalue weighted by Gasteiger charge is -2.12. The van der Waals surface area contributed by atoms with E-state index in [1.165, 1.54) is 41.7 Å². The van der Waals surface area contributed by atoms with Crippen LogP contribution in [0.15, 0.2) is 140 Å². The Kier molecular flexibility index (Phi) is 5.07. The zero-order valence-corrected chi connectivity index (χ0v) is 23.3. The van der Waals surface area contributed by atoms with Crippen LogP contribution in [0.25, 0.3) is 81.2 Å². The van der Waals surface area contributed by atoms with Crippen molar-refractivity contribution in [3.63, 3.8) is 0 Å². The molecule has 3 nitrogen and oxygen atoms in total. The summed E-state index contributed by atoms with van der Waals surface area (Å²) in [5, 5.41) is 7.54. The molecular formula is C38H23N3S. The zero-order chi connectivity index (χ0) is 27.6. The lowest BCUT2D eigenvalue weighted by molar-refractivity contribution is 0.996. The molecule has 0 saturated heterocycles. The van der Waals surface area contributed by atoms with Crippen LogP contribution in [0.4, 0.5) is 0 Å². The average molecular weight is 554 g/mol. The van der Waals surface area contributed by atoms with E-state index in [0.717, 1.165) is 33.5 Å². The molecule has 6 aromatic carbocycles. The number of aromatic nitrogens is 3. The molecule has 0 spiro atoms. The summed E-state index contributed by atoms with van der Waals surface area (Å²) in [6, 6.07) is 49.3. The van der Waals surface area contributed by atoms with Gasteiger partial charge in [-0.15, -0.1) is 11.3 Å². The first kappa shape index (κ1) is 23.4. The van der Waals surface area contributed by atoms with Crippen molar-refractivity contribution in [2.24, 2.45) is 0 Å². The SMILES string of the molecule is c1ccc(-c2cc(-c3ccccc3)nc(-n3c4ccccc4c4cc5c(ccc6c7ccccc7sc56)cc43)n2)cc1. The molecule has 42 heavy (non-hydrogen) atoms. The van der Waals surface area contributed by atoms with Crippen LogP contribution >= 0.6 is 11.3 Å². The lowest BCUT2D eigenvalue weighted by Crippen LogP contribution is -2.04. The number of benzene rings is 6. The summed E-state index contributed by atoms with van der Waals surface area (Å²) in [4.78, 5) is 10.4. The van der Waals surface area contributed by atoms with Gasteiger partial charge >= 0.3 is 0 Å². The van der Waals surface area contributed by atoms with E-state index in [2.05, 4.69) is 132 Å². The van der Waals surface area contributed by atoms with Crippen LogP contribution in [0.2, 0.25) is 0 Å². The van der Waals surface area contributed by atoms with Gasteiger partial charge in [-0.05, 0) is 35.7 Å². The van der Waals surface area contributed by atoms with E-state index in [1.54, 1.807) is 0 Å². The predicted octanol–water partition coefficient (Wildman–Crippen LogP) is 10.4. The molecule has 0 aliphatic rings. The summed E-state index contributed by atoms with van der Waals surface area (Å²) < 4.78 is 4.89. The summed E-state index contributed by atoms with van der Waals surface area (Å²) in [7, 11) is 0. The predicted molar refractivity (Wildman–Crippen MR) is 178 cm³/mol. The Bertz CT molecular complexity index is 2400. The lowest BCUT2D eigenvalue weighted by atomic mass is 10.0. The minimum Gasteiger partial charge on any atom is -0.278 e. The van der Waals surface area contributed by atoms with Gasteiger partial charge in [0, 0.05) is 47.5 Å². The van der Waals surface area contributed by atoms with Crippen LogP contribution < -0.4 is 0 Å². The number of rotatable bonds is 3. The van der Waals surface area contributed by atoms with Gasteiger partial charge in [0.1, 0.15) is 0 Å². The van der Waals surface area contributed by atoms with Crippen molar-refractivity contribution in [1.29, 1.82) is 0 Å². The van der Waals surface area contributed by atoms with E-state index in [0.29, 0.717) is 5.95 Å². The van der Waals surface area contributed by atoms with Crippen LogP contribution in [0, 0.1) is 0 Å². The van der Waals surface area contributed by atoms with Gasteiger partial charge in [-0.1, -0.05) is 109 Å². The molecule has 0 saturated carbocycles. The van der Waals surface area contributed by atoms with E-state index >= 15 is 0 Å². The van der Waals surface area contributed by atoms with Crippen LogP contribution in [-0.4, -0.2) is 14.5 Å². The van der Waals surface area contributed by atoms with E-state index in [1.807, 2.05) is 23.5 Å². The third kappa shape index (κ3) is 3.52. The number of hydrogen-bond donors (Lipinski definition) is 0. The van der Waals surface area contributed by atoms with Crippen LogP contribution in [-0.2, 0) is 0 Å². The quantitative estimate of drug-likeness (QED) is 0.218. The Balaban J connectivity index is 1.38. The van der Waals surface area contributed by atoms with Crippen molar-refractivity contribution in [3.05, 3.63) is 140 Å². The van der Waals surface area contributed by atoms with Gasteiger partial charge in [-0.2, -0.15) is 0 Å². The van der Waals surface area contributed by atoms with E-state index in [-0.39, 0.29) is 0 Å². The van der Waals surface area contributed by atoms with E-state index < -0.39 is 0 Å². The molecule has 0 aliphatic carbocycles. The molecule has 0 unspecified atom stereocenters. The van der Waals surface area contributed by atoms with Gasteiger partial charge in [0.05, 0.1) is 22.4 Å². The summed E-state index contributed by atoms with van der Waals surface area (Å²) in [5.41, 5.74) is 6.14. The van der Waals surface area contributed by atoms with Gasteiger partial charge in [-0.25, -0.2) is 9.97 Å². The summed E-state index contributed by atoms with van der Waals surface area (Å²) >= 11 is 1.88. The molecule has 196 valence electrons. The number of fused-ring (bicyclic) bond motifs is 8. The summed E-state index contributed by atoms with van der Waals surface area (Å²) in [6.07, 6.45) is 0. The smallest absolute Gasteiger partial charge is 0.235 e. The molecule has 9 rings (SSSR count). The fourth-order valence-corrected chi connectivity index (χ4v) is 7.46. The van der Waals surface area contributed by atoms with Crippen molar-refractivity contribution in [2.45, 2.75) is 0 Å². The molecule has 9 aromatic rings. The average Bonchev–Trinajstić information content (AvgIpc) is 3.60. The van der Waals surface area contributed by atoms with Gasteiger partial charge in [0.15, 0.2) is 0 Å². The van der Waals surface area contributed by atoms with Crippen LogP contribution in [0.5, 0.6) is 0 Å². The monoisotopic (exact) mass is 553 g/mol. The molecule has 0 amide bonds. The second kappa shape index (κ2) is 9.10.